The van der Waals surface area contributed by atoms with E-state index in [9.17, 15) is 17.6 Å². The number of nitrogens with zero attached hydrogens (tertiary/aromatic N) is 1. The van der Waals surface area contributed by atoms with Crippen molar-refractivity contribution in [1.29, 1.82) is 0 Å². The molecule has 0 bridgehead atoms. The molecule has 1 aromatic heterocycles. The first-order chi connectivity index (χ1) is 6.90. The lowest BCUT2D eigenvalue weighted by Gasteiger charge is -2.13. The Bertz CT molecular complexity index is 324. The highest BCUT2D eigenvalue weighted by Gasteiger charge is 2.28. The summed E-state index contributed by atoms with van der Waals surface area (Å²) in [7, 11) is 0. The Morgan fingerprint density at radius 3 is 2.60 bits per heavy atom. The van der Waals surface area contributed by atoms with Crippen LogP contribution < -0.4 is 5.73 Å². The summed E-state index contributed by atoms with van der Waals surface area (Å²) >= 11 is 0. The van der Waals surface area contributed by atoms with Gasteiger partial charge >= 0.3 is 6.18 Å². The monoisotopic (exact) mass is 222 g/mol. The second-order valence-corrected chi connectivity index (χ2v) is 3.14. The third-order valence-corrected chi connectivity index (χ3v) is 1.93. The zero-order valence-electron chi connectivity index (χ0n) is 7.76. The van der Waals surface area contributed by atoms with Gasteiger partial charge in [0.05, 0.1) is 0 Å². The molecule has 6 heteroatoms. The number of nitrogens with two attached hydrogens (primary N) is 1. The van der Waals surface area contributed by atoms with Gasteiger partial charge in [0.25, 0.3) is 0 Å². The minimum Gasteiger partial charge on any atom is -0.324 e. The third-order valence-electron chi connectivity index (χ3n) is 1.93. The van der Waals surface area contributed by atoms with Crippen LogP contribution in [-0.2, 0) is 0 Å². The van der Waals surface area contributed by atoms with Crippen LogP contribution >= 0.6 is 0 Å². The molecule has 0 saturated carbocycles. The smallest absolute Gasteiger partial charge is 0.324 e. The second-order valence-electron chi connectivity index (χ2n) is 3.14. The normalized spacial score (nSPS) is 13.9. The van der Waals surface area contributed by atoms with Gasteiger partial charge in [-0.25, -0.2) is 4.98 Å². The molecule has 15 heavy (non-hydrogen) atoms. The molecule has 0 saturated heterocycles. The zero-order chi connectivity index (χ0) is 11.5. The molecule has 1 aromatic rings. The first-order valence-corrected chi connectivity index (χ1v) is 4.33. The molecule has 0 aromatic carbocycles. The number of hydrogen-bond donors (Lipinski definition) is 1. The summed E-state index contributed by atoms with van der Waals surface area (Å²) in [6.07, 6.45) is -4.42. The SMILES string of the molecule is N[C@H](CCC(F)(F)F)c1cccnc1F. The summed E-state index contributed by atoms with van der Waals surface area (Å²) in [5.41, 5.74) is 5.44. The van der Waals surface area contributed by atoms with Crippen LogP contribution in [-0.4, -0.2) is 11.2 Å². The maximum absolute atomic E-state index is 13.0. The fraction of sp³-hybridized carbons (Fsp3) is 0.444. The van der Waals surface area contributed by atoms with Crippen LogP contribution in [0.15, 0.2) is 18.3 Å². The van der Waals surface area contributed by atoms with E-state index in [1.807, 2.05) is 0 Å². The molecule has 0 fully saturated rings. The molecule has 0 unspecified atom stereocenters. The van der Waals surface area contributed by atoms with E-state index < -0.39 is 24.6 Å². The number of rotatable bonds is 3. The Hall–Kier alpha value is -1.17. The maximum Gasteiger partial charge on any atom is 0.389 e. The highest BCUT2D eigenvalue weighted by molar-refractivity contribution is 5.15. The van der Waals surface area contributed by atoms with Crippen molar-refractivity contribution in [2.75, 3.05) is 0 Å². The molecular formula is C9H10F4N2. The van der Waals surface area contributed by atoms with Gasteiger partial charge in [0.1, 0.15) is 0 Å². The van der Waals surface area contributed by atoms with Crippen LogP contribution in [0.3, 0.4) is 0 Å². The van der Waals surface area contributed by atoms with Crippen molar-refractivity contribution in [2.24, 2.45) is 5.73 Å². The fourth-order valence-corrected chi connectivity index (χ4v) is 1.15. The van der Waals surface area contributed by atoms with Gasteiger partial charge in [-0.15, -0.1) is 0 Å². The number of alkyl halides is 3. The first kappa shape index (κ1) is 11.9. The number of hydrogen-bond acceptors (Lipinski definition) is 2. The van der Waals surface area contributed by atoms with Crippen molar-refractivity contribution < 1.29 is 17.6 Å². The van der Waals surface area contributed by atoms with Crippen LogP contribution in [0.2, 0.25) is 0 Å². The topological polar surface area (TPSA) is 38.9 Å². The lowest BCUT2D eigenvalue weighted by Crippen LogP contribution is -2.17. The molecule has 0 aliphatic rings. The second kappa shape index (κ2) is 4.57. The average molecular weight is 222 g/mol. The predicted molar refractivity (Wildman–Crippen MR) is 46.4 cm³/mol. The van der Waals surface area contributed by atoms with Crippen LogP contribution in [0.5, 0.6) is 0 Å². The van der Waals surface area contributed by atoms with Gasteiger partial charge in [-0.1, -0.05) is 6.07 Å². The van der Waals surface area contributed by atoms with Crippen LogP contribution in [0.4, 0.5) is 17.6 Å². The van der Waals surface area contributed by atoms with Crippen molar-refractivity contribution in [2.45, 2.75) is 25.1 Å². The van der Waals surface area contributed by atoms with E-state index >= 15 is 0 Å². The van der Waals surface area contributed by atoms with E-state index in [1.54, 1.807) is 0 Å². The Kier molecular flexibility index (Phi) is 3.62. The zero-order valence-corrected chi connectivity index (χ0v) is 7.76. The van der Waals surface area contributed by atoms with Gasteiger partial charge < -0.3 is 5.73 Å². The molecule has 0 radical (unpaired) electrons. The highest BCUT2D eigenvalue weighted by atomic mass is 19.4. The van der Waals surface area contributed by atoms with E-state index in [0.717, 1.165) is 0 Å². The Labute approximate surface area is 84.1 Å². The fourth-order valence-electron chi connectivity index (χ4n) is 1.15. The van der Waals surface area contributed by atoms with Crippen LogP contribution in [0, 0.1) is 5.95 Å². The molecule has 0 spiro atoms. The van der Waals surface area contributed by atoms with Crippen molar-refractivity contribution in [3.05, 3.63) is 29.8 Å². The van der Waals surface area contributed by atoms with Gasteiger partial charge in [0.15, 0.2) is 0 Å². The van der Waals surface area contributed by atoms with Gasteiger partial charge in [-0.05, 0) is 12.5 Å². The van der Waals surface area contributed by atoms with Gasteiger partial charge in [-0.2, -0.15) is 17.6 Å². The summed E-state index contributed by atoms with van der Waals surface area (Å²) in [5.74, 6) is -0.813. The summed E-state index contributed by atoms with van der Waals surface area (Å²) in [6, 6.07) is 1.80. The molecule has 1 rings (SSSR count). The quantitative estimate of drug-likeness (QED) is 0.630. The largest absolute Gasteiger partial charge is 0.389 e. The highest BCUT2D eigenvalue weighted by Crippen LogP contribution is 2.26. The molecule has 2 nitrogen and oxygen atoms in total. The molecule has 0 aliphatic carbocycles. The van der Waals surface area contributed by atoms with Crippen LogP contribution in [0.25, 0.3) is 0 Å². The van der Waals surface area contributed by atoms with E-state index in [1.165, 1.54) is 18.3 Å². The first-order valence-electron chi connectivity index (χ1n) is 4.33. The van der Waals surface area contributed by atoms with Gasteiger partial charge in [-0.3, -0.25) is 0 Å². The number of aromatic nitrogens is 1. The van der Waals surface area contributed by atoms with Crippen molar-refractivity contribution in [3.8, 4) is 0 Å². The predicted octanol–water partition coefficient (Wildman–Crippen LogP) is 2.56. The summed E-state index contributed by atoms with van der Waals surface area (Å²) in [4.78, 5) is 3.32. The van der Waals surface area contributed by atoms with Gasteiger partial charge in [0, 0.05) is 24.2 Å². The molecule has 1 atom stereocenters. The van der Waals surface area contributed by atoms with E-state index in [2.05, 4.69) is 4.98 Å². The summed E-state index contributed by atoms with van der Waals surface area (Å²) in [5, 5.41) is 0. The number of halogens is 4. The Morgan fingerprint density at radius 2 is 2.07 bits per heavy atom. The molecule has 1 heterocycles. The van der Waals surface area contributed by atoms with Crippen molar-refractivity contribution >= 4 is 0 Å². The standard InChI is InChI=1S/C9H10F4N2/c10-8-6(2-1-5-15-8)7(14)3-4-9(11,12)13/h1-2,5,7H,3-4,14H2/t7-/m1/s1. The van der Waals surface area contributed by atoms with Crippen LogP contribution in [0.1, 0.15) is 24.4 Å². The lowest BCUT2D eigenvalue weighted by atomic mass is 10.0. The minimum atomic E-state index is -4.27. The van der Waals surface area contributed by atoms with Gasteiger partial charge in [0.2, 0.25) is 5.95 Å². The average Bonchev–Trinajstić information content (AvgIpc) is 2.14. The Morgan fingerprint density at radius 1 is 1.40 bits per heavy atom. The molecule has 84 valence electrons. The van der Waals surface area contributed by atoms with E-state index in [0.29, 0.717) is 0 Å². The van der Waals surface area contributed by atoms with Crippen molar-refractivity contribution in [3.63, 3.8) is 0 Å². The molecule has 0 aliphatic heterocycles. The molecule has 0 amide bonds. The molecular weight excluding hydrogens is 212 g/mol. The summed E-state index contributed by atoms with van der Waals surface area (Å²) in [6.45, 7) is 0. The third kappa shape index (κ3) is 3.83. The summed E-state index contributed by atoms with van der Waals surface area (Å²) < 4.78 is 48.6. The lowest BCUT2D eigenvalue weighted by molar-refractivity contribution is -0.136. The van der Waals surface area contributed by atoms with Crippen molar-refractivity contribution in [1.82, 2.24) is 4.98 Å². The van der Waals surface area contributed by atoms with E-state index in [-0.39, 0.29) is 12.0 Å². The van der Waals surface area contributed by atoms with E-state index in [4.69, 9.17) is 5.73 Å². The number of pyridine rings is 1. The minimum absolute atomic E-state index is 0.0155. The maximum atomic E-state index is 13.0. The Balaban J connectivity index is 2.62. The molecule has 2 N–H and O–H groups in total.